The maximum Gasteiger partial charge on any atom is 0.0656 e. The van der Waals surface area contributed by atoms with Gasteiger partial charge in [-0.1, -0.05) is 59.7 Å². The van der Waals surface area contributed by atoms with Crippen molar-refractivity contribution in [2.75, 3.05) is 0 Å². The Morgan fingerprint density at radius 3 is 2.14 bits per heavy atom. The van der Waals surface area contributed by atoms with Gasteiger partial charge in [0.1, 0.15) is 0 Å². The standard InChI is InChI=1S/C13H27B/c1-5-7-8-11(3)12(4)9-13(6-2)10-14/h11-13H,5-10H2,1-4H3. The van der Waals surface area contributed by atoms with Gasteiger partial charge in [0.05, 0.1) is 7.85 Å². The van der Waals surface area contributed by atoms with Crippen LogP contribution in [0.3, 0.4) is 0 Å². The van der Waals surface area contributed by atoms with Crippen LogP contribution in [0.4, 0.5) is 0 Å². The average molecular weight is 194 g/mol. The van der Waals surface area contributed by atoms with E-state index >= 15 is 0 Å². The Labute approximate surface area is 92.3 Å². The molecule has 0 saturated heterocycles. The summed E-state index contributed by atoms with van der Waals surface area (Å²) in [4.78, 5) is 0. The summed E-state index contributed by atoms with van der Waals surface area (Å²) in [6.45, 7) is 9.30. The zero-order valence-electron chi connectivity index (χ0n) is 10.6. The van der Waals surface area contributed by atoms with Crippen LogP contribution in [0.5, 0.6) is 0 Å². The molecule has 0 aromatic rings. The van der Waals surface area contributed by atoms with E-state index in [2.05, 4.69) is 27.7 Å². The van der Waals surface area contributed by atoms with Crippen molar-refractivity contribution in [1.29, 1.82) is 0 Å². The first-order valence-corrected chi connectivity index (χ1v) is 6.35. The summed E-state index contributed by atoms with van der Waals surface area (Å²) in [6, 6.07) is 0. The second-order valence-corrected chi connectivity index (χ2v) is 4.84. The Kier molecular flexibility index (Phi) is 8.42. The molecule has 0 aliphatic carbocycles. The van der Waals surface area contributed by atoms with Gasteiger partial charge >= 0.3 is 0 Å². The normalized spacial score (nSPS) is 17.7. The van der Waals surface area contributed by atoms with Gasteiger partial charge in [0.2, 0.25) is 0 Å². The van der Waals surface area contributed by atoms with Gasteiger partial charge in [-0.15, -0.1) is 0 Å². The summed E-state index contributed by atoms with van der Waals surface area (Å²) in [7, 11) is 5.73. The predicted octanol–water partition coefficient (Wildman–Crippen LogP) is 4.45. The molecule has 0 aromatic carbocycles. The quantitative estimate of drug-likeness (QED) is 0.500. The van der Waals surface area contributed by atoms with Crippen molar-refractivity contribution in [2.24, 2.45) is 17.8 Å². The molecule has 0 nitrogen and oxygen atoms in total. The van der Waals surface area contributed by atoms with E-state index in [1.54, 1.807) is 0 Å². The second-order valence-electron chi connectivity index (χ2n) is 4.84. The van der Waals surface area contributed by atoms with Crippen molar-refractivity contribution < 1.29 is 0 Å². The molecule has 0 N–H and O–H groups in total. The van der Waals surface area contributed by atoms with Crippen molar-refractivity contribution in [3.8, 4) is 0 Å². The second kappa shape index (κ2) is 8.38. The van der Waals surface area contributed by atoms with E-state index in [1.807, 2.05) is 0 Å². The van der Waals surface area contributed by atoms with Crippen molar-refractivity contribution in [3.05, 3.63) is 0 Å². The summed E-state index contributed by atoms with van der Waals surface area (Å²) in [6.07, 6.45) is 7.51. The van der Waals surface area contributed by atoms with Crippen LogP contribution >= 0.6 is 0 Å². The first-order chi connectivity index (χ1) is 6.65. The highest BCUT2D eigenvalue weighted by Crippen LogP contribution is 2.26. The molecule has 0 fully saturated rings. The van der Waals surface area contributed by atoms with Crippen molar-refractivity contribution in [3.63, 3.8) is 0 Å². The van der Waals surface area contributed by atoms with Gasteiger partial charge in [-0.2, -0.15) is 0 Å². The lowest BCUT2D eigenvalue weighted by Gasteiger charge is -2.24. The van der Waals surface area contributed by atoms with Crippen LogP contribution in [0.15, 0.2) is 0 Å². The summed E-state index contributed by atoms with van der Waals surface area (Å²) in [5.74, 6) is 2.46. The van der Waals surface area contributed by atoms with Crippen LogP contribution in [-0.4, -0.2) is 7.85 Å². The average Bonchev–Trinajstić information content (AvgIpc) is 2.21. The molecule has 0 saturated carbocycles. The predicted molar refractivity (Wildman–Crippen MR) is 66.8 cm³/mol. The largest absolute Gasteiger partial charge is 0.0859 e. The van der Waals surface area contributed by atoms with E-state index < -0.39 is 0 Å². The molecule has 0 heterocycles. The Hall–Kier alpha value is 0.0649. The SMILES string of the molecule is [B]CC(CC)CC(C)C(C)CCCC. The molecule has 0 aliphatic rings. The lowest BCUT2D eigenvalue weighted by Crippen LogP contribution is -2.13. The van der Waals surface area contributed by atoms with Gasteiger partial charge < -0.3 is 0 Å². The van der Waals surface area contributed by atoms with Gasteiger partial charge in [0.15, 0.2) is 0 Å². The van der Waals surface area contributed by atoms with E-state index in [4.69, 9.17) is 7.85 Å². The van der Waals surface area contributed by atoms with E-state index in [-0.39, 0.29) is 0 Å². The monoisotopic (exact) mass is 194 g/mol. The van der Waals surface area contributed by atoms with Crippen LogP contribution in [0.25, 0.3) is 0 Å². The molecular weight excluding hydrogens is 167 g/mol. The summed E-state index contributed by atoms with van der Waals surface area (Å²) in [5, 5.41) is 0. The molecule has 1 heteroatoms. The Balaban J connectivity index is 3.74. The first-order valence-electron chi connectivity index (χ1n) is 6.35. The van der Waals surface area contributed by atoms with Gasteiger partial charge in [0, 0.05) is 0 Å². The summed E-state index contributed by atoms with van der Waals surface area (Å²) < 4.78 is 0. The molecule has 0 spiro atoms. The lowest BCUT2D eigenvalue weighted by atomic mass is 9.78. The highest BCUT2D eigenvalue weighted by atomic mass is 14.2. The number of hydrogen-bond acceptors (Lipinski definition) is 0. The van der Waals surface area contributed by atoms with Crippen LogP contribution in [-0.2, 0) is 0 Å². The molecule has 0 aliphatic heterocycles. The Morgan fingerprint density at radius 2 is 1.71 bits per heavy atom. The number of hydrogen-bond donors (Lipinski definition) is 0. The smallest absolute Gasteiger partial charge is 0.0656 e. The number of rotatable bonds is 8. The zero-order valence-corrected chi connectivity index (χ0v) is 10.6. The highest BCUT2D eigenvalue weighted by molar-refractivity contribution is 6.08. The van der Waals surface area contributed by atoms with E-state index in [0.717, 1.165) is 24.1 Å². The minimum atomic E-state index is 0.745. The molecule has 3 atom stereocenters. The molecule has 0 bridgehead atoms. The molecule has 0 aromatic heterocycles. The minimum absolute atomic E-state index is 0.745. The van der Waals surface area contributed by atoms with Crippen LogP contribution in [0, 0.1) is 17.8 Å². The van der Waals surface area contributed by atoms with E-state index in [0.29, 0.717) is 0 Å². The maximum atomic E-state index is 5.73. The molecule has 0 amide bonds. The lowest BCUT2D eigenvalue weighted by molar-refractivity contribution is 0.291. The molecule has 3 unspecified atom stereocenters. The fourth-order valence-electron chi connectivity index (χ4n) is 2.00. The fraction of sp³-hybridized carbons (Fsp3) is 1.00. The number of unbranched alkanes of at least 4 members (excludes halogenated alkanes) is 1. The third-order valence-corrected chi connectivity index (χ3v) is 3.60. The maximum absolute atomic E-state index is 5.73. The van der Waals surface area contributed by atoms with Crippen molar-refractivity contribution in [1.82, 2.24) is 0 Å². The molecular formula is C13H27B. The van der Waals surface area contributed by atoms with E-state index in [1.165, 1.54) is 32.1 Å². The highest BCUT2D eigenvalue weighted by Gasteiger charge is 2.15. The first kappa shape index (κ1) is 14.1. The molecule has 14 heavy (non-hydrogen) atoms. The van der Waals surface area contributed by atoms with Crippen LogP contribution < -0.4 is 0 Å². The van der Waals surface area contributed by atoms with Crippen molar-refractivity contribution >= 4 is 7.85 Å². The topological polar surface area (TPSA) is 0 Å². The third kappa shape index (κ3) is 5.72. The third-order valence-electron chi connectivity index (χ3n) is 3.60. The molecule has 82 valence electrons. The Morgan fingerprint density at radius 1 is 1.07 bits per heavy atom. The summed E-state index contributed by atoms with van der Waals surface area (Å²) >= 11 is 0. The molecule has 0 rings (SSSR count). The van der Waals surface area contributed by atoms with Gasteiger partial charge in [0.25, 0.3) is 0 Å². The van der Waals surface area contributed by atoms with Gasteiger partial charge in [-0.05, 0) is 24.2 Å². The fourth-order valence-corrected chi connectivity index (χ4v) is 2.00. The van der Waals surface area contributed by atoms with Crippen LogP contribution in [0.2, 0.25) is 6.32 Å². The van der Waals surface area contributed by atoms with Gasteiger partial charge in [-0.3, -0.25) is 0 Å². The summed E-state index contributed by atoms with van der Waals surface area (Å²) in [5.41, 5.74) is 0. The molecule has 2 radical (unpaired) electrons. The van der Waals surface area contributed by atoms with Gasteiger partial charge in [-0.25, -0.2) is 0 Å². The zero-order chi connectivity index (χ0) is 11.0. The Bertz CT molecular complexity index is 118. The van der Waals surface area contributed by atoms with Crippen molar-refractivity contribution in [2.45, 2.75) is 66.1 Å². The minimum Gasteiger partial charge on any atom is -0.0859 e. The van der Waals surface area contributed by atoms with E-state index in [9.17, 15) is 0 Å². The van der Waals surface area contributed by atoms with Crippen LogP contribution in [0.1, 0.15) is 59.8 Å².